The van der Waals surface area contributed by atoms with Gasteiger partial charge in [0.05, 0.1) is 0 Å². The molecule has 0 aliphatic rings. The Morgan fingerprint density at radius 2 is 2.20 bits per heavy atom. The zero-order chi connectivity index (χ0) is 6.85. The minimum absolute atomic E-state index is 0. The number of rotatable bonds is 1. The number of nitrogens with zero attached hydrogens (tertiary/aromatic N) is 2. The van der Waals surface area contributed by atoms with E-state index in [1.165, 1.54) is 0 Å². The van der Waals surface area contributed by atoms with Crippen LogP contribution in [0.3, 0.4) is 0 Å². The molecule has 0 bridgehead atoms. The second-order valence-corrected chi connectivity index (χ2v) is 1.23. The average Bonchev–Trinajstić information content (AvgIpc) is 2.14. The van der Waals surface area contributed by atoms with E-state index in [0.717, 1.165) is 0 Å². The molecule has 10 heavy (non-hydrogen) atoms. The van der Waals surface area contributed by atoms with Crippen LogP contribution in [0.2, 0.25) is 0 Å². The Morgan fingerprint density at radius 3 is 2.40 bits per heavy atom. The number of nitrogen functional groups attached to an aromatic ring is 1. The van der Waals surface area contributed by atoms with Crippen LogP contribution in [0.25, 0.3) is 0 Å². The zero-order valence-corrected chi connectivity index (χ0v) is 8.32. The normalized spacial score (nSPS) is 8.40. The van der Waals surface area contributed by atoms with Gasteiger partial charge in [0.25, 0.3) is 5.89 Å². The predicted molar refractivity (Wildman–Crippen MR) is 23.0 cm³/mol. The van der Waals surface area contributed by atoms with Crippen molar-refractivity contribution < 1.29 is 65.7 Å². The van der Waals surface area contributed by atoms with Gasteiger partial charge < -0.3 is 20.1 Å². The molecule has 0 aliphatic heterocycles. The molecule has 0 aromatic carbocycles. The summed E-state index contributed by atoms with van der Waals surface area (Å²) in [7, 11) is 0. The van der Waals surface area contributed by atoms with E-state index in [1.54, 1.807) is 0 Å². The summed E-state index contributed by atoms with van der Waals surface area (Å²) in [4.78, 5) is 9.85. The molecule has 1 rings (SSSR count). The third-order valence-electron chi connectivity index (χ3n) is 0.615. The van der Waals surface area contributed by atoms with Crippen LogP contribution in [0.4, 0.5) is 6.01 Å². The summed E-state index contributed by atoms with van der Waals surface area (Å²) >= 11 is 0. The van der Waals surface area contributed by atoms with Crippen LogP contribution >= 0.6 is 0 Å². The van der Waals surface area contributed by atoms with Crippen LogP contribution in [0.15, 0.2) is 4.42 Å². The van der Waals surface area contributed by atoms with Gasteiger partial charge in [-0.15, -0.1) is 5.10 Å². The Labute approximate surface area is 98.2 Å². The molecule has 7 heteroatoms. The molecule has 0 saturated carbocycles. The molecule has 0 fully saturated rings. The first-order valence-corrected chi connectivity index (χ1v) is 2.00. The molecular weight excluding hydrogens is 165 g/mol. The third kappa shape index (κ3) is 2.35. The third-order valence-corrected chi connectivity index (χ3v) is 0.615. The molecule has 1 aromatic rings. The van der Waals surface area contributed by atoms with Crippen LogP contribution < -0.4 is 62.2 Å². The molecule has 0 radical (unpaired) electrons. The maximum absolute atomic E-state index is 9.85. The Kier molecular flexibility index (Phi) is 4.05. The van der Waals surface area contributed by atoms with E-state index < -0.39 is 11.9 Å². The summed E-state index contributed by atoms with van der Waals surface area (Å²) < 4.78 is 4.24. The van der Waals surface area contributed by atoms with E-state index >= 15 is 0 Å². The number of carbonyl (C=O) groups is 1. The Balaban J connectivity index is 0.000000810. The van der Waals surface area contributed by atoms with Crippen LogP contribution in [0, 0.1) is 0 Å². The van der Waals surface area contributed by atoms with Crippen molar-refractivity contribution in [2.24, 2.45) is 0 Å². The quantitative estimate of drug-likeness (QED) is 0.420. The SMILES string of the molecule is Nc1nnc(C(=O)[O-])o1.[K+]. The standard InChI is InChI=1S/C3H3N3O3.K/c4-3-6-5-1(9-3)2(7)8;/h(H2,4,6)(H,7,8);/q;+1/p-1. The molecule has 1 aromatic heterocycles. The summed E-state index contributed by atoms with van der Waals surface area (Å²) in [6, 6.07) is -0.283. The Hall–Kier alpha value is 0.0464. The number of carboxylic acid groups (broad SMARTS) is 1. The summed E-state index contributed by atoms with van der Waals surface area (Å²) in [5.41, 5.74) is 4.88. The summed E-state index contributed by atoms with van der Waals surface area (Å²) in [5.74, 6) is -2.13. The van der Waals surface area contributed by atoms with Gasteiger partial charge in [-0.1, -0.05) is 5.10 Å². The number of hydrogen-bond acceptors (Lipinski definition) is 6. The van der Waals surface area contributed by atoms with E-state index in [0.29, 0.717) is 0 Å². The zero-order valence-electron chi connectivity index (χ0n) is 5.20. The molecule has 6 nitrogen and oxygen atoms in total. The van der Waals surface area contributed by atoms with E-state index in [1.807, 2.05) is 0 Å². The second-order valence-electron chi connectivity index (χ2n) is 1.23. The number of carboxylic acids is 1. The van der Waals surface area contributed by atoms with E-state index in [4.69, 9.17) is 5.73 Å². The van der Waals surface area contributed by atoms with Gasteiger partial charge in [-0.3, -0.25) is 0 Å². The fraction of sp³-hybridized carbons (Fsp3) is 0. The van der Waals surface area contributed by atoms with Gasteiger partial charge in [0.15, 0.2) is 0 Å². The molecule has 1 heterocycles. The van der Waals surface area contributed by atoms with Crippen molar-refractivity contribution >= 4 is 12.0 Å². The number of anilines is 1. The van der Waals surface area contributed by atoms with Crippen LogP contribution in [0.5, 0.6) is 0 Å². The van der Waals surface area contributed by atoms with Crippen LogP contribution in [0.1, 0.15) is 10.7 Å². The molecule has 0 atom stereocenters. The van der Waals surface area contributed by atoms with Crippen LogP contribution in [-0.4, -0.2) is 16.2 Å². The average molecular weight is 167 g/mol. The van der Waals surface area contributed by atoms with Crippen molar-refractivity contribution in [3.63, 3.8) is 0 Å². The summed E-state index contributed by atoms with van der Waals surface area (Å²) in [5, 5.41) is 15.9. The predicted octanol–water partition coefficient (Wildman–Crippen LogP) is -4.98. The Bertz CT molecular complexity index is 235. The van der Waals surface area contributed by atoms with Crippen molar-refractivity contribution in [2.45, 2.75) is 0 Å². The van der Waals surface area contributed by atoms with Crippen LogP contribution in [-0.2, 0) is 0 Å². The maximum atomic E-state index is 9.85. The van der Waals surface area contributed by atoms with E-state index in [9.17, 15) is 9.90 Å². The van der Waals surface area contributed by atoms with Crippen molar-refractivity contribution in [3.05, 3.63) is 5.89 Å². The minimum atomic E-state index is -1.53. The molecule has 2 N–H and O–H groups in total. The summed E-state index contributed by atoms with van der Waals surface area (Å²) in [6.07, 6.45) is 0. The first-order valence-electron chi connectivity index (χ1n) is 2.00. The summed E-state index contributed by atoms with van der Waals surface area (Å²) in [6.45, 7) is 0. The van der Waals surface area contributed by atoms with Crippen molar-refractivity contribution in [3.8, 4) is 0 Å². The van der Waals surface area contributed by atoms with E-state index in [-0.39, 0.29) is 57.4 Å². The van der Waals surface area contributed by atoms with E-state index in [2.05, 4.69) is 14.6 Å². The smallest absolute Gasteiger partial charge is 0.540 e. The monoisotopic (exact) mass is 167 g/mol. The molecule has 0 aliphatic carbocycles. The van der Waals surface area contributed by atoms with Gasteiger partial charge in [0.2, 0.25) is 0 Å². The van der Waals surface area contributed by atoms with Crippen molar-refractivity contribution in [1.29, 1.82) is 0 Å². The Morgan fingerprint density at radius 1 is 1.60 bits per heavy atom. The molecule has 0 unspecified atom stereocenters. The van der Waals surface area contributed by atoms with Gasteiger partial charge >= 0.3 is 57.4 Å². The largest absolute Gasteiger partial charge is 1.00 e. The number of nitrogens with two attached hydrogens (primary N) is 1. The molecule has 48 valence electrons. The molecular formula is C3H2KN3O3. The number of carbonyl (C=O) groups excluding carboxylic acids is 1. The van der Waals surface area contributed by atoms with Crippen molar-refractivity contribution in [2.75, 3.05) is 5.73 Å². The molecule has 0 saturated heterocycles. The maximum Gasteiger partial charge on any atom is 1.00 e. The number of aromatic carboxylic acids is 1. The van der Waals surface area contributed by atoms with Crippen molar-refractivity contribution in [1.82, 2.24) is 10.2 Å². The fourth-order valence-electron chi connectivity index (χ4n) is 0.317. The molecule has 0 amide bonds. The van der Waals surface area contributed by atoms with Gasteiger partial charge in [0, 0.05) is 0 Å². The minimum Gasteiger partial charge on any atom is -0.540 e. The topological polar surface area (TPSA) is 105 Å². The van der Waals surface area contributed by atoms with Gasteiger partial charge in [-0.05, 0) is 0 Å². The second kappa shape index (κ2) is 4.04. The first-order chi connectivity index (χ1) is 4.20. The fourth-order valence-corrected chi connectivity index (χ4v) is 0.317. The van der Waals surface area contributed by atoms with Gasteiger partial charge in [-0.2, -0.15) is 0 Å². The van der Waals surface area contributed by atoms with Gasteiger partial charge in [0.1, 0.15) is 5.97 Å². The van der Waals surface area contributed by atoms with Gasteiger partial charge in [-0.25, -0.2) is 0 Å². The molecule has 0 spiro atoms. The first kappa shape index (κ1) is 10.0. The number of aromatic nitrogens is 2. The number of hydrogen-bond donors (Lipinski definition) is 1.